The normalized spacial score (nSPS) is 31.4. The third-order valence-corrected chi connectivity index (χ3v) is 3.68. The van der Waals surface area contributed by atoms with Gasteiger partial charge in [-0.3, -0.25) is 9.69 Å². The molecular weight excluding hydrogens is 206 g/mol. The second-order valence-corrected chi connectivity index (χ2v) is 4.75. The third kappa shape index (κ3) is 1.80. The molecule has 0 aromatic carbocycles. The van der Waals surface area contributed by atoms with E-state index in [0.29, 0.717) is 6.54 Å². The molecule has 1 aliphatic carbocycles. The van der Waals surface area contributed by atoms with Crippen LogP contribution in [-0.2, 0) is 4.79 Å². The molecule has 1 aliphatic heterocycles. The summed E-state index contributed by atoms with van der Waals surface area (Å²) in [6, 6.07) is -0.126. The topological polar surface area (TPSA) is 66.6 Å². The van der Waals surface area contributed by atoms with Crippen molar-refractivity contribution in [3.05, 3.63) is 0 Å². The van der Waals surface area contributed by atoms with Gasteiger partial charge in [0.05, 0.1) is 0 Å². The van der Waals surface area contributed by atoms with E-state index >= 15 is 0 Å². The van der Waals surface area contributed by atoms with Gasteiger partial charge in [0.2, 0.25) is 0 Å². The van der Waals surface area contributed by atoms with Gasteiger partial charge in [-0.25, -0.2) is 4.79 Å². The fourth-order valence-corrected chi connectivity index (χ4v) is 2.77. The van der Waals surface area contributed by atoms with E-state index in [-0.39, 0.29) is 30.4 Å². The first kappa shape index (κ1) is 11.4. The lowest BCUT2D eigenvalue weighted by Crippen LogP contribution is -2.48. The van der Waals surface area contributed by atoms with Crippen molar-refractivity contribution < 1.29 is 9.59 Å². The number of carbonyl (C=O) groups is 2. The number of rotatable bonds is 2. The number of nitrogens with two attached hydrogens (primary N) is 1. The Morgan fingerprint density at radius 2 is 2.00 bits per heavy atom. The molecule has 1 saturated carbocycles. The second kappa shape index (κ2) is 4.41. The summed E-state index contributed by atoms with van der Waals surface area (Å²) in [6.45, 7) is 0.776. The number of likely N-dealkylation sites (N-methyl/N-ethyl adjacent to an activating group) is 1. The third-order valence-electron chi connectivity index (χ3n) is 3.68. The van der Waals surface area contributed by atoms with Gasteiger partial charge in [-0.05, 0) is 25.3 Å². The molecule has 90 valence electrons. The summed E-state index contributed by atoms with van der Waals surface area (Å²) < 4.78 is 0. The number of amides is 3. The van der Waals surface area contributed by atoms with E-state index in [4.69, 9.17) is 5.73 Å². The number of imide groups is 1. The highest BCUT2D eigenvalue weighted by Gasteiger charge is 2.42. The van der Waals surface area contributed by atoms with Gasteiger partial charge >= 0.3 is 6.03 Å². The first-order valence-corrected chi connectivity index (χ1v) is 5.92. The Labute approximate surface area is 95.6 Å². The predicted molar refractivity (Wildman–Crippen MR) is 59.7 cm³/mol. The predicted octanol–water partition coefficient (Wildman–Crippen LogP) is 0.398. The standard InChI is InChI=1S/C11H19N3O2/c1-13-7-10(15)14(11(13)16)9-5-3-2-4-8(9)6-12/h8-9H,2-7,12H2,1H3. The summed E-state index contributed by atoms with van der Waals surface area (Å²) in [6.07, 6.45) is 4.18. The van der Waals surface area contributed by atoms with E-state index in [0.717, 1.165) is 25.7 Å². The Morgan fingerprint density at radius 1 is 1.31 bits per heavy atom. The molecule has 3 amide bonds. The van der Waals surface area contributed by atoms with E-state index in [9.17, 15) is 9.59 Å². The summed E-state index contributed by atoms with van der Waals surface area (Å²) in [4.78, 5) is 26.6. The van der Waals surface area contributed by atoms with Crippen LogP contribution in [0.5, 0.6) is 0 Å². The van der Waals surface area contributed by atoms with Crippen LogP contribution < -0.4 is 5.73 Å². The van der Waals surface area contributed by atoms with Crippen LogP contribution in [0.25, 0.3) is 0 Å². The van der Waals surface area contributed by atoms with E-state index in [1.807, 2.05) is 0 Å². The number of carbonyl (C=O) groups excluding carboxylic acids is 2. The van der Waals surface area contributed by atoms with Gasteiger partial charge in [0, 0.05) is 13.1 Å². The minimum Gasteiger partial charge on any atom is -0.330 e. The molecule has 5 nitrogen and oxygen atoms in total. The molecule has 0 radical (unpaired) electrons. The molecule has 5 heteroatoms. The molecular formula is C11H19N3O2. The van der Waals surface area contributed by atoms with Crippen LogP contribution in [0.15, 0.2) is 0 Å². The Kier molecular flexibility index (Phi) is 3.14. The Balaban J connectivity index is 2.15. The molecule has 2 fully saturated rings. The number of nitrogens with zero attached hydrogens (tertiary/aromatic N) is 2. The highest BCUT2D eigenvalue weighted by Crippen LogP contribution is 2.30. The molecule has 0 spiro atoms. The van der Waals surface area contributed by atoms with Crippen molar-refractivity contribution in [2.45, 2.75) is 31.7 Å². The van der Waals surface area contributed by atoms with Crippen molar-refractivity contribution in [2.24, 2.45) is 11.7 Å². The lowest BCUT2D eigenvalue weighted by atomic mass is 9.83. The highest BCUT2D eigenvalue weighted by molar-refractivity contribution is 6.02. The summed E-state index contributed by atoms with van der Waals surface area (Å²) >= 11 is 0. The number of urea groups is 1. The molecule has 0 aromatic rings. The molecule has 2 unspecified atom stereocenters. The van der Waals surface area contributed by atoms with Crippen LogP contribution in [0.2, 0.25) is 0 Å². The van der Waals surface area contributed by atoms with E-state index in [2.05, 4.69) is 0 Å². The van der Waals surface area contributed by atoms with Crippen LogP contribution in [0, 0.1) is 5.92 Å². The van der Waals surface area contributed by atoms with Crippen molar-refractivity contribution in [1.82, 2.24) is 9.80 Å². The van der Waals surface area contributed by atoms with Gasteiger partial charge in [0.25, 0.3) is 5.91 Å². The quantitative estimate of drug-likeness (QED) is 0.692. The smallest absolute Gasteiger partial charge is 0.327 e. The largest absolute Gasteiger partial charge is 0.330 e. The molecule has 0 bridgehead atoms. The minimum atomic E-state index is -0.157. The Hall–Kier alpha value is -1.10. The number of hydrogen-bond acceptors (Lipinski definition) is 3. The monoisotopic (exact) mass is 225 g/mol. The van der Waals surface area contributed by atoms with Gasteiger partial charge in [-0.1, -0.05) is 12.8 Å². The highest BCUT2D eigenvalue weighted by atomic mass is 16.2. The average molecular weight is 225 g/mol. The SMILES string of the molecule is CN1CC(=O)N(C2CCCCC2CN)C1=O. The first-order valence-electron chi connectivity index (χ1n) is 5.92. The Morgan fingerprint density at radius 3 is 2.56 bits per heavy atom. The molecule has 2 rings (SSSR count). The van der Waals surface area contributed by atoms with Crippen LogP contribution in [0.3, 0.4) is 0 Å². The molecule has 0 aromatic heterocycles. The van der Waals surface area contributed by atoms with Gasteiger partial charge in [-0.2, -0.15) is 0 Å². The van der Waals surface area contributed by atoms with Crippen molar-refractivity contribution in [1.29, 1.82) is 0 Å². The maximum atomic E-state index is 11.9. The van der Waals surface area contributed by atoms with Crippen LogP contribution in [0.1, 0.15) is 25.7 Å². The summed E-state index contributed by atoms with van der Waals surface area (Å²) in [5.74, 6) is 0.214. The fraction of sp³-hybridized carbons (Fsp3) is 0.818. The lowest BCUT2D eigenvalue weighted by Gasteiger charge is -2.35. The zero-order chi connectivity index (χ0) is 11.7. The van der Waals surface area contributed by atoms with Gasteiger partial charge < -0.3 is 10.6 Å². The van der Waals surface area contributed by atoms with E-state index < -0.39 is 0 Å². The van der Waals surface area contributed by atoms with Crippen LogP contribution in [-0.4, -0.2) is 47.9 Å². The molecule has 16 heavy (non-hydrogen) atoms. The molecule has 1 saturated heterocycles. The van der Waals surface area contributed by atoms with E-state index in [1.54, 1.807) is 7.05 Å². The molecule has 1 heterocycles. The Bertz CT molecular complexity index is 306. The summed E-state index contributed by atoms with van der Waals surface area (Å²) in [5.41, 5.74) is 5.72. The maximum Gasteiger partial charge on any atom is 0.327 e. The van der Waals surface area contributed by atoms with Crippen molar-refractivity contribution >= 4 is 11.9 Å². The van der Waals surface area contributed by atoms with Gasteiger partial charge in [0.1, 0.15) is 6.54 Å². The minimum absolute atomic E-state index is 0.0312. The van der Waals surface area contributed by atoms with Gasteiger partial charge in [0.15, 0.2) is 0 Å². The fourth-order valence-electron chi connectivity index (χ4n) is 2.77. The van der Waals surface area contributed by atoms with Crippen molar-refractivity contribution in [2.75, 3.05) is 20.1 Å². The molecule has 2 N–H and O–H groups in total. The second-order valence-electron chi connectivity index (χ2n) is 4.75. The number of hydrogen-bond donors (Lipinski definition) is 1. The maximum absolute atomic E-state index is 11.9. The van der Waals surface area contributed by atoms with Gasteiger partial charge in [-0.15, -0.1) is 0 Å². The average Bonchev–Trinajstić information content (AvgIpc) is 2.53. The van der Waals surface area contributed by atoms with Crippen LogP contribution in [0.4, 0.5) is 4.79 Å². The lowest BCUT2D eigenvalue weighted by molar-refractivity contribution is -0.128. The summed E-state index contributed by atoms with van der Waals surface area (Å²) in [7, 11) is 1.67. The zero-order valence-electron chi connectivity index (χ0n) is 9.69. The van der Waals surface area contributed by atoms with Crippen LogP contribution >= 0.6 is 0 Å². The molecule has 2 atom stereocenters. The van der Waals surface area contributed by atoms with Crippen molar-refractivity contribution in [3.8, 4) is 0 Å². The summed E-state index contributed by atoms with van der Waals surface area (Å²) in [5, 5.41) is 0. The van der Waals surface area contributed by atoms with Crippen molar-refractivity contribution in [3.63, 3.8) is 0 Å². The first-order chi connectivity index (χ1) is 7.65. The zero-order valence-corrected chi connectivity index (χ0v) is 9.69. The molecule has 2 aliphatic rings. The van der Waals surface area contributed by atoms with E-state index in [1.165, 1.54) is 9.80 Å².